The Balaban J connectivity index is 1.11. The van der Waals surface area contributed by atoms with E-state index >= 15 is 0 Å². The number of rotatable bonds is 4. The maximum Gasteiger partial charge on any atom is 0.228 e. The summed E-state index contributed by atoms with van der Waals surface area (Å²) in [5, 5.41) is 8.72. The van der Waals surface area contributed by atoms with Gasteiger partial charge in [0.25, 0.3) is 0 Å². The van der Waals surface area contributed by atoms with Gasteiger partial charge in [-0.05, 0) is 82.9 Å². The lowest BCUT2D eigenvalue weighted by atomic mass is 10.0. The highest BCUT2D eigenvalue weighted by Crippen LogP contribution is 2.43. The van der Waals surface area contributed by atoms with Gasteiger partial charge in [-0.15, -0.1) is 0 Å². The fourth-order valence-electron chi connectivity index (χ4n) is 7.52. The minimum atomic E-state index is 0.576. The van der Waals surface area contributed by atoms with Gasteiger partial charge in [-0.25, -0.2) is 4.98 Å². The quantitative estimate of drug-likeness (QED) is 0.191. The molecule has 3 aromatic heterocycles. The second-order valence-corrected chi connectivity index (χ2v) is 12.8. The number of aromatic nitrogens is 1. The summed E-state index contributed by atoms with van der Waals surface area (Å²) in [6, 6.07) is 54.5. The van der Waals surface area contributed by atoms with Crippen molar-refractivity contribution in [1.29, 1.82) is 0 Å². The first-order valence-electron chi connectivity index (χ1n) is 16.7. The first kappa shape index (κ1) is 27.1. The van der Waals surface area contributed by atoms with E-state index in [0.717, 1.165) is 88.4 Å². The summed E-state index contributed by atoms with van der Waals surface area (Å²) >= 11 is 0. The lowest BCUT2D eigenvalue weighted by molar-refractivity contribution is 0.620. The number of hydrogen-bond acceptors (Lipinski definition) is 5. The van der Waals surface area contributed by atoms with Crippen molar-refractivity contribution >= 4 is 93.6 Å². The van der Waals surface area contributed by atoms with Crippen LogP contribution in [0.3, 0.4) is 0 Å². The summed E-state index contributed by atoms with van der Waals surface area (Å²) in [6.45, 7) is 0. The highest BCUT2D eigenvalue weighted by atomic mass is 16.4. The fourth-order valence-corrected chi connectivity index (χ4v) is 7.52. The third-order valence-electron chi connectivity index (χ3n) is 9.86. The normalized spacial score (nSPS) is 12.0. The van der Waals surface area contributed by atoms with E-state index in [1.54, 1.807) is 0 Å². The molecule has 0 N–H and O–H groups in total. The van der Waals surface area contributed by atoms with Gasteiger partial charge in [0, 0.05) is 55.6 Å². The molecule has 234 valence electrons. The molecule has 0 aliphatic rings. The number of benzene rings is 8. The smallest absolute Gasteiger partial charge is 0.228 e. The monoisotopic (exact) mass is 642 g/mol. The van der Waals surface area contributed by atoms with Crippen molar-refractivity contribution in [1.82, 2.24) is 4.98 Å². The van der Waals surface area contributed by atoms with Gasteiger partial charge in [0.05, 0.1) is 0 Å². The van der Waals surface area contributed by atoms with Gasteiger partial charge in [-0.2, -0.15) is 0 Å². The average Bonchev–Trinajstić information content (AvgIpc) is 3.88. The topological polar surface area (TPSA) is 55.6 Å². The van der Waals surface area contributed by atoms with E-state index in [1.807, 2.05) is 42.5 Å². The molecule has 5 heteroatoms. The highest BCUT2D eigenvalue weighted by Gasteiger charge is 2.21. The van der Waals surface area contributed by atoms with Crippen LogP contribution in [0.1, 0.15) is 0 Å². The van der Waals surface area contributed by atoms with Crippen molar-refractivity contribution in [3.05, 3.63) is 158 Å². The second kappa shape index (κ2) is 10.3. The molecule has 0 radical (unpaired) electrons. The molecule has 11 aromatic rings. The highest BCUT2D eigenvalue weighted by molar-refractivity contribution is 6.13. The Morgan fingerprint density at radius 1 is 0.380 bits per heavy atom. The molecular weight excluding hydrogens is 617 g/mol. The zero-order valence-corrected chi connectivity index (χ0v) is 26.6. The maximum atomic E-state index is 6.60. The Labute approximate surface area is 285 Å². The predicted molar refractivity (Wildman–Crippen MR) is 204 cm³/mol. The van der Waals surface area contributed by atoms with Gasteiger partial charge in [0.15, 0.2) is 5.58 Å². The molecule has 0 saturated heterocycles. The van der Waals surface area contributed by atoms with Gasteiger partial charge >= 0.3 is 0 Å². The van der Waals surface area contributed by atoms with Crippen molar-refractivity contribution in [3.8, 4) is 11.5 Å². The molecule has 0 aliphatic carbocycles. The second-order valence-electron chi connectivity index (χ2n) is 12.8. The van der Waals surface area contributed by atoms with E-state index in [4.69, 9.17) is 18.2 Å². The number of para-hydroxylation sites is 1. The van der Waals surface area contributed by atoms with Gasteiger partial charge in [-0.1, -0.05) is 84.9 Å². The standard InChI is InChI=1S/C45H26N2O3/c1-2-10-29-24-30(18-16-27(29)8-1)47(31-20-23-39-37(25-31)34-12-5-6-14-38(34)48-39)32-19-21-35-42(26-32)49-40-15-7-13-36(43(35)40)45-46-44-33-11-4-3-9-28(33)17-22-41(44)50-45/h1-26H. The van der Waals surface area contributed by atoms with Crippen LogP contribution in [0.5, 0.6) is 0 Å². The Bertz CT molecular complexity index is 3130. The summed E-state index contributed by atoms with van der Waals surface area (Å²) in [5.74, 6) is 0.576. The van der Waals surface area contributed by atoms with E-state index in [0.29, 0.717) is 5.89 Å². The lowest BCUT2D eigenvalue weighted by Gasteiger charge is -2.26. The molecule has 3 heterocycles. The maximum absolute atomic E-state index is 6.60. The van der Waals surface area contributed by atoms with E-state index < -0.39 is 0 Å². The molecular formula is C45H26N2O3. The summed E-state index contributed by atoms with van der Waals surface area (Å²) in [7, 11) is 0. The van der Waals surface area contributed by atoms with Crippen molar-refractivity contribution in [2.24, 2.45) is 0 Å². The van der Waals surface area contributed by atoms with E-state index in [1.165, 1.54) is 10.8 Å². The number of nitrogens with zero attached hydrogens (tertiary/aromatic N) is 2. The molecule has 0 unspecified atom stereocenters. The fraction of sp³-hybridized carbons (Fsp3) is 0. The summed E-state index contributed by atoms with van der Waals surface area (Å²) in [5.41, 5.74) is 8.88. The van der Waals surface area contributed by atoms with Crippen LogP contribution < -0.4 is 4.90 Å². The number of hydrogen-bond donors (Lipinski definition) is 0. The number of oxazole rings is 1. The van der Waals surface area contributed by atoms with Crippen molar-refractivity contribution in [2.75, 3.05) is 4.90 Å². The molecule has 0 spiro atoms. The SMILES string of the molecule is c1ccc2cc(N(c3ccc4c(c3)oc3cccc(-c5nc6c(ccc7ccccc76)o5)c34)c3ccc4oc5ccccc5c4c3)ccc2c1. The van der Waals surface area contributed by atoms with Gasteiger partial charge in [-0.3, -0.25) is 0 Å². The Morgan fingerprint density at radius 3 is 1.98 bits per heavy atom. The number of furan rings is 2. The molecule has 50 heavy (non-hydrogen) atoms. The van der Waals surface area contributed by atoms with E-state index in [2.05, 4.69) is 120 Å². The predicted octanol–water partition coefficient (Wildman–Crippen LogP) is 13.1. The zero-order chi connectivity index (χ0) is 32.8. The molecule has 0 aliphatic heterocycles. The minimum absolute atomic E-state index is 0.576. The van der Waals surface area contributed by atoms with Crippen molar-refractivity contribution in [3.63, 3.8) is 0 Å². The molecule has 0 bridgehead atoms. The molecule has 0 saturated carbocycles. The molecule has 8 aromatic carbocycles. The van der Waals surface area contributed by atoms with E-state index in [9.17, 15) is 0 Å². The van der Waals surface area contributed by atoms with Crippen LogP contribution in [-0.2, 0) is 0 Å². The summed E-state index contributed by atoms with van der Waals surface area (Å²) in [4.78, 5) is 7.30. The molecule has 0 fully saturated rings. The first-order valence-corrected chi connectivity index (χ1v) is 16.7. The van der Waals surface area contributed by atoms with Crippen molar-refractivity contribution < 1.29 is 13.3 Å². The van der Waals surface area contributed by atoms with Crippen LogP contribution in [0.2, 0.25) is 0 Å². The summed E-state index contributed by atoms with van der Waals surface area (Å²) < 4.78 is 19.2. The average molecular weight is 643 g/mol. The molecule has 0 atom stereocenters. The third-order valence-corrected chi connectivity index (χ3v) is 9.86. The van der Waals surface area contributed by atoms with Crippen LogP contribution in [0.15, 0.2) is 171 Å². The van der Waals surface area contributed by atoms with Gasteiger partial charge in [0.2, 0.25) is 5.89 Å². The van der Waals surface area contributed by atoms with Crippen LogP contribution in [0, 0.1) is 0 Å². The molecule has 11 rings (SSSR count). The Hall–Kier alpha value is -6.85. The van der Waals surface area contributed by atoms with Crippen LogP contribution >= 0.6 is 0 Å². The van der Waals surface area contributed by atoms with Crippen molar-refractivity contribution in [2.45, 2.75) is 0 Å². The minimum Gasteiger partial charge on any atom is -0.456 e. The van der Waals surface area contributed by atoms with Gasteiger partial charge in [0.1, 0.15) is 27.8 Å². The largest absolute Gasteiger partial charge is 0.456 e. The summed E-state index contributed by atoms with van der Waals surface area (Å²) in [6.07, 6.45) is 0. The lowest BCUT2D eigenvalue weighted by Crippen LogP contribution is -2.09. The molecule has 0 amide bonds. The van der Waals surface area contributed by atoms with Crippen LogP contribution in [0.4, 0.5) is 17.1 Å². The third kappa shape index (κ3) is 4.04. The Kier molecular flexibility index (Phi) is 5.60. The van der Waals surface area contributed by atoms with Crippen LogP contribution in [0.25, 0.3) is 88.0 Å². The van der Waals surface area contributed by atoms with Crippen LogP contribution in [-0.4, -0.2) is 4.98 Å². The number of anilines is 3. The Morgan fingerprint density at radius 2 is 1.04 bits per heavy atom. The first-order chi connectivity index (χ1) is 24.7. The number of fused-ring (bicyclic) bond motifs is 10. The van der Waals surface area contributed by atoms with E-state index in [-0.39, 0.29) is 0 Å². The molecule has 5 nitrogen and oxygen atoms in total. The zero-order valence-electron chi connectivity index (χ0n) is 26.6. The van der Waals surface area contributed by atoms with Gasteiger partial charge < -0.3 is 18.2 Å².